The molecule has 2 heterocycles. The Morgan fingerprint density at radius 3 is 2.80 bits per heavy atom. The standard InChI is InChI=1S/C18H17Cl2N3OS/c1-10-8-15(23(22-10)12-4-2-3-5-12)21-18(24)17-16(20)13-7-6-11(19)9-14(13)25-17/h6-9,12H,2-5H2,1H3,(H,21,24). The van der Waals surface area contributed by atoms with Gasteiger partial charge in [-0.1, -0.05) is 42.1 Å². The fourth-order valence-electron chi connectivity index (χ4n) is 3.40. The Morgan fingerprint density at radius 1 is 1.28 bits per heavy atom. The second-order valence-electron chi connectivity index (χ2n) is 6.39. The number of rotatable bonds is 3. The van der Waals surface area contributed by atoms with E-state index in [9.17, 15) is 4.79 Å². The zero-order valence-electron chi connectivity index (χ0n) is 13.7. The van der Waals surface area contributed by atoms with E-state index in [0.29, 0.717) is 21.0 Å². The number of aromatic nitrogens is 2. The highest BCUT2D eigenvalue weighted by atomic mass is 35.5. The number of hydrogen-bond acceptors (Lipinski definition) is 3. The third-order valence-corrected chi connectivity index (χ3v) is 6.46. The number of halogens is 2. The average Bonchev–Trinajstić information content (AvgIpc) is 3.27. The van der Waals surface area contributed by atoms with Crippen LogP contribution in [0.1, 0.15) is 47.1 Å². The molecule has 3 aromatic rings. The summed E-state index contributed by atoms with van der Waals surface area (Å²) >= 11 is 13.8. The fraction of sp³-hybridized carbons (Fsp3) is 0.333. The van der Waals surface area contributed by atoms with Gasteiger partial charge in [0.2, 0.25) is 0 Å². The van der Waals surface area contributed by atoms with Crippen LogP contribution in [0.3, 0.4) is 0 Å². The van der Waals surface area contributed by atoms with Crippen LogP contribution in [-0.4, -0.2) is 15.7 Å². The lowest BCUT2D eigenvalue weighted by molar-refractivity contribution is 0.102. The molecule has 0 radical (unpaired) electrons. The number of amides is 1. The summed E-state index contributed by atoms with van der Waals surface area (Å²) in [7, 11) is 0. The molecule has 4 nitrogen and oxygen atoms in total. The molecule has 0 atom stereocenters. The van der Waals surface area contributed by atoms with Gasteiger partial charge in [-0.3, -0.25) is 4.79 Å². The molecule has 1 saturated carbocycles. The van der Waals surface area contributed by atoms with E-state index in [0.717, 1.165) is 34.4 Å². The fourth-order valence-corrected chi connectivity index (χ4v) is 5.08. The molecule has 0 unspecified atom stereocenters. The van der Waals surface area contributed by atoms with Gasteiger partial charge < -0.3 is 5.32 Å². The van der Waals surface area contributed by atoms with Gasteiger partial charge in [0.1, 0.15) is 10.7 Å². The first-order valence-electron chi connectivity index (χ1n) is 8.28. The quantitative estimate of drug-likeness (QED) is 0.585. The summed E-state index contributed by atoms with van der Waals surface area (Å²) in [5.74, 6) is 0.530. The van der Waals surface area contributed by atoms with Gasteiger partial charge in [0.05, 0.1) is 16.8 Å². The lowest BCUT2D eigenvalue weighted by Crippen LogP contribution is -2.17. The van der Waals surface area contributed by atoms with Gasteiger partial charge in [0.15, 0.2) is 0 Å². The summed E-state index contributed by atoms with van der Waals surface area (Å²) in [5.41, 5.74) is 0.899. The number of hydrogen-bond donors (Lipinski definition) is 1. The number of benzene rings is 1. The molecule has 0 saturated heterocycles. The van der Waals surface area contributed by atoms with Crippen molar-refractivity contribution >= 4 is 56.3 Å². The second-order valence-corrected chi connectivity index (χ2v) is 8.26. The van der Waals surface area contributed by atoms with E-state index in [1.165, 1.54) is 24.2 Å². The molecular formula is C18H17Cl2N3OS. The van der Waals surface area contributed by atoms with Crippen LogP contribution in [0.5, 0.6) is 0 Å². The summed E-state index contributed by atoms with van der Waals surface area (Å²) in [6.07, 6.45) is 4.62. The molecule has 2 aromatic heterocycles. The third kappa shape index (κ3) is 3.16. The van der Waals surface area contributed by atoms with Crippen molar-refractivity contribution in [1.82, 2.24) is 9.78 Å². The third-order valence-electron chi connectivity index (χ3n) is 4.57. The second kappa shape index (κ2) is 6.63. The minimum Gasteiger partial charge on any atom is -0.306 e. The first kappa shape index (κ1) is 16.9. The Morgan fingerprint density at radius 2 is 2.04 bits per heavy atom. The highest BCUT2D eigenvalue weighted by Gasteiger charge is 2.23. The molecule has 0 spiro atoms. The van der Waals surface area contributed by atoms with Crippen LogP contribution < -0.4 is 5.32 Å². The van der Waals surface area contributed by atoms with Crippen LogP contribution in [-0.2, 0) is 0 Å². The van der Waals surface area contributed by atoms with Gasteiger partial charge in [0.25, 0.3) is 5.91 Å². The Bertz CT molecular complexity index is 957. The SMILES string of the molecule is Cc1cc(NC(=O)c2sc3cc(Cl)ccc3c2Cl)n(C2CCCC2)n1. The van der Waals surface area contributed by atoms with Crippen LogP contribution in [0.4, 0.5) is 5.82 Å². The van der Waals surface area contributed by atoms with Crippen molar-refractivity contribution in [3.63, 3.8) is 0 Å². The minimum atomic E-state index is -0.207. The minimum absolute atomic E-state index is 0.207. The number of anilines is 1. The molecule has 130 valence electrons. The van der Waals surface area contributed by atoms with Crippen LogP contribution >= 0.6 is 34.5 Å². The van der Waals surface area contributed by atoms with Crippen molar-refractivity contribution in [3.05, 3.63) is 44.9 Å². The van der Waals surface area contributed by atoms with Gasteiger partial charge in [-0.25, -0.2) is 4.68 Å². The van der Waals surface area contributed by atoms with Gasteiger partial charge >= 0.3 is 0 Å². The number of aryl methyl sites for hydroxylation is 1. The number of fused-ring (bicyclic) bond motifs is 1. The number of carbonyl (C=O) groups is 1. The normalized spacial score (nSPS) is 15.2. The highest BCUT2D eigenvalue weighted by molar-refractivity contribution is 7.21. The zero-order valence-corrected chi connectivity index (χ0v) is 16.0. The maximum Gasteiger partial charge on any atom is 0.268 e. The Labute approximate surface area is 159 Å². The maximum atomic E-state index is 12.8. The monoisotopic (exact) mass is 393 g/mol. The summed E-state index contributed by atoms with van der Waals surface area (Å²) in [5, 5.41) is 9.52. The number of nitrogens with zero attached hydrogens (tertiary/aromatic N) is 2. The van der Waals surface area contributed by atoms with E-state index in [1.807, 2.05) is 29.8 Å². The molecule has 1 N–H and O–H groups in total. The van der Waals surface area contributed by atoms with E-state index in [4.69, 9.17) is 23.2 Å². The summed E-state index contributed by atoms with van der Waals surface area (Å²) in [6.45, 7) is 1.94. The number of thiophene rings is 1. The molecule has 1 aliphatic carbocycles. The predicted molar refractivity (Wildman–Crippen MR) is 104 cm³/mol. The molecule has 1 amide bonds. The summed E-state index contributed by atoms with van der Waals surface area (Å²) in [4.78, 5) is 13.3. The smallest absolute Gasteiger partial charge is 0.268 e. The van der Waals surface area contributed by atoms with Crippen LogP contribution in [0.25, 0.3) is 10.1 Å². The Hall–Kier alpha value is -1.56. The van der Waals surface area contributed by atoms with Crippen molar-refractivity contribution in [1.29, 1.82) is 0 Å². The topological polar surface area (TPSA) is 46.9 Å². The van der Waals surface area contributed by atoms with E-state index in [-0.39, 0.29) is 5.91 Å². The van der Waals surface area contributed by atoms with Crippen molar-refractivity contribution in [2.75, 3.05) is 5.32 Å². The Balaban J connectivity index is 1.66. The van der Waals surface area contributed by atoms with Gasteiger partial charge in [-0.15, -0.1) is 11.3 Å². The predicted octanol–water partition coefficient (Wildman–Crippen LogP) is 6.08. The first-order chi connectivity index (χ1) is 12.0. The maximum absolute atomic E-state index is 12.8. The Kier molecular flexibility index (Phi) is 4.48. The first-order valence-corrected chi connectivity index (χ1v) is 9.85. The zero-order chi connectivity index (χ0) is 17.6. The van der Waals surface area contributed by atoms with Crippen molar-refractivity contribution in [2.45, 2.75) is 38.6 Å². The molecule has 0 bridgehead atoms. The molecule has 4 rings (SSSR count). The molecular weight excluding hydrogens is 377 g/mol. The van der Waals surface area contributed by atoms with Crippen molar-refractivity contribution < 1.29 is 4.79 Å². The van der Waals surface area contributed by atoms with Crippen LogP contribution in [0, 0.1) is 6.92 Å². The van der Waals surface area contributed by atoms with E-state index < -0.39 is 0 Å². The van der Waals surface area contributed by atoms with Gasteiger partial charge in [-0.05, 0) is 31.9 Å². The lowest BCUT2D eigenvalue weighted by atomic mass is 10.2. The number of carbonyl (C=O) groups excluding carboxylic acids is 1. The highest BCUT2D eigenvalue weighted by Crippen LogP contribution is 2.37. The summed E-state index contributed by atoms with van der Waals surface area (Å²) < 4.78 is 2.86. The average molecular weight is 394 g/mol. The van der Waals surface area contributed by atoms with Crippen molar-refractivity contribution in [2.24, 2.45) is 0 Å². The molecule has 0 aliphatic heterocycles. The molecule has 25 heavy (non-hydrogen) atoms. The molecule has 7 heteroatoms. The van der Waals surface area contributed by atoms with Gasteiger partial charge in [-0.2, -0.15) is 5.10 Å². The largest absolute Gasteiger partial charge is 0.306 e. The molecule has 1 aliphatic rings. The molecule has 1 fully saturated rings. The van der Waals surface area contributed by atoms with Gasteiger partial charge in [0, 0.05) is 21.2 Å². The van der Waals surface area contributed by atoms with E-state index >= 15 is 0 Å². The van der Waals surface area contributed by atoms with Crippen molar-refractivity contribution in [3.8, 4) is 0 Å². The summed E-state index contributed by atoms with van der Waals surface area (Å²) in [6, 6.07) is 7.73. The number of nitrogens with one attached hydrogen (secondary N) is 1. The van der Waals surface area contributed by atoms with E-state index in [2.05, 4.69) is 10.4 Å². The molecule has 1 aromatic carbocycles. The lowest BCUT2D eigenvalue weighted by Gasteiger charge is -2.14. The van der Waals surface area contributed by atoms with Crippen LogP contribution in [0.2, 0.25) is 10.0 Å². The van der Waals surface area contributed by atoms with E-state index in [1.54, 1.807) is 6.07 Å². The van der Waals surface area contributed by atoms with Crippen LogP contribution in [0.15, 0.2) is 24.3 Å².